The molecule has 0 radical (unpaired) electrons. The maximum atomic E-state index is 11.8. The largest absolute Gasteiger partial charge is 0.461 e. The summed E-state index contributed by atoms with van der Waals surface area (Å²) in [6, 6.07) is 3.47. The van der Waals surface area contributed by atoms with E-state index in [1.165, 1.54) is 6.26 Å². The Hall–Kier alpha value is -1.09. The molecular formula is C13H21NO2. The minimum absolute atomic E-state index is 0.0650. The molecule has 1 aromatic rings. The molecule has 0 spiro atoms. The van der Waals surface area contributed by atoms with Crippen LogP contribution in [0.5, 0.6) is 0 Å². The Balaban J connectivity index is 2.47. The molecule has 16 heavy (non-hydrogen) atoms. The Labute approximate surface area is 97.4 Å². The fourth-order valence-corrected chi connectivity index (χ4v) is 1.59. The third-order valence-corrected chi connectivity index (χ3v) is 2.88. The van der Waals surface area contributed by atoms with Crippen molar-refractivity contribution in [3.05, 3.63) is 24.2 Å². The molecule has 1 atom stereocenters. The lowest BCUT2D eigenvalue weighted by molar-refractivity contribution is 0.0896. The van der Waals surface area contributed by atoms with Crippen LogP contribution in [0, 0.1) is 5.92 Å². The zero-order chi connectivity index (χ0) is 12.0. The van der Waals surface area contributed by atoms with Gasteiger partial charge in [-0.25, -0.2) is 0 Å². The SMILES string of the molecule is CCC(C)CN(CC)CC(=O)c1ccco1. The quantitative estimate of drug-likeness (QED) is 0.666. The number of carbonyl (C=O) groups is 1. The number of Topliss-reactive ketones (excluding diaryl/α,β-unsaturated/α-hetero) is 1. The molecule has 3 heteroatoms. The predicted octanol–water partition coefficient (Wildman–Crippen LogP) is 2.83. The highest BCUT2D eigenvalue weighted by Gasteiger charge is 2.14. The first-order chi connectivity index (χ1) is 7.67. The lowest BCUT2D eigenvalue weighted by atomic mass is 10.1. The zero-order valence-corrected chi connectivity index (χ0v) is 10.4. The molecule has 1 unspecified atom stereocenters. The van der Waals surface area contributed by atoms with Gasteiger partial charge >= 0.3 is 0 Å². The number of likely N-dealkylation sites (N-methyl/N-ethyl adjacent to an activating group) is 1. The molecular weight excluding hydrogens is 202 g/mol. The predicted molar refractivity (Wildman–Crippen MR) is 64.6 cm³/mol. The van der Waals surface area contributed by atoms with Crippen molar-refractivity contribution in [3.8, 4) is 0 Å². The molecule has 1 rings (SSSR count). The maximum absolute atomic E-state index is 11.8. The van der Waals surface area contributed by atoms with E-state index in [2.05, 4.69) is 25.7 Å². The summed E-state index contributed by atoms with van der Waals surface area (Å²) in [5.41, 5.74) is 0. The van der Waals surface area contributed by atoms with Gasteiger partial charge in [-0.15, -0.1) is 0 Å². The molecule has 0 aliphatic heterocycles. The zero-order valence-electron chi connectivity index (χ0n) is 10.4. The van der Waals surface area contributed by atoms with E-state index in [9.17, 15) is 4.79 Å². The van der Waals surface area contributed by atoms with Crippen LogP contribution in [0.3, 0.4) is 0 Å². The molecule has 1 aromatic heterocycles. The van der Waals surface area contributed by atoms with Gasteiger partial charge < -0.3 is 4.42 Å². The summed E-state index contributed by atoms with van der Waals surface area (Å²) in [4.78, 5) is 14.0. The number of nitrogens with zero attached hydrogens (tertiary/aromatic N) is 1. The Morgan fingerprint density at radius 1 is 1.50 bits per heavy atom. The fraction of sp³-hybridized carbons (Fsp3) is 0.615. The Kier molecular flexibility index (Phi) is 5.26. The molecule has 0 aliphatic carbocycles. The van der Waals surface area contributed by atoms with Gasteiger partial charge in [0.1, 0.15) is 0 Å². The van der Waals surface area contributed by atoms with Crippen LogP contribution in [-0.4, -0.2) is 30.3 Å². The number of ketones is 1. The van der Waals surface area contributed by atoms with Crippen molar-refractivity contribution >= 4 is 5.78 Å². The molecule has 0 fully saturated rings. The van der Waals surface area contributed by atoms with Gasteiger partial charge in [0, 0.05) is 6.54 Å². The van der Waals surface area contributed by atoms with Gasteiger partial charge in [-0.3, -0.25) is 9.69 Å². The first-order valence-corrected chi connectivity index (χ1v) is 5.96. The molecule has 0 aliphatic rings. The number of carbonyl (C=O) groups excluding carboxylic acids is 1. The monoisotopic (exact) mass is 223 g/mol. The normalized spacial score (nSPS) is 13.0. The standard InChI is InChI=1S/C13H21NO2/c1-4-11(3)9-14(5-2)10-12(15)13-7-6-8-16-13/h6-8,11H,4-5,9-10H2,1-3H3. The minimum Gasteiger partial charge on any atom is -0.461 e. The summed E-state index contributed by atoms with van der Waals surface area (Å²) in [6.45, 7) is 8.79. The second kappa shape index (κ2) is 6.48. The van der Waals surface area contributed by atoms with Crippen molar-refractivity contribution in [1.29, 1.82) is 0 Å². The Bertz CT molecular complexity index is 306. The maximum Gasteiger partial charge on any atom is 0.211 e. The van der Waals surface area contributed by atoms with Crippen LogP contribution in [0.4, 0.5) is 0 Å². The fourth-order valence-electron chi connectivity index (χ4n) is 1.59. The van der Waals surface area contributed by atoms with Crippen molar-refractivity contribution in [2.45, 2.75) is 27.2 Å². The lowest BCUT2D eigenvalue weighted by Crippen LogP contribution is -2.33. The molecule has 1 heterocycles. The molecule has 0 aromatic carbocycles. The molecule has 0 saturated heterocycles. The van der Waals surface area contributed by atoms with Gasteiger partial charge in [-0.2, -0.15) is 0 Å². The highest BCUT2D eigenvalue weighted by molar-refractivity contribution is 5.94. The third kappa shape index (κ3) is 3.81. The lowest BCUT2D eigenvalue weighted by Gasteiger charge is -2.22. The summed E-state index contributed by atoms with van der Waals surface area (Å²) >= 11 is 0. The number of rotatable bonds is 7. The van der Waals surface area contributed by atoms with Gasteiger partial charge in [0.2, 0.25) is 5.78 Å². The average molecular weight is 223 g/mol. The van der Waals surface area contributed by atoms with E-state index in [0.29, 0.717) is 18.2 Å². The number of hydrogen-bond acceptors (Lipinski definition) is 3. The van der Waals surface area contributed by atoms with Crippen LogP contribution in [-0.2, 0) is 0 Å². The Morgan fingerprint density at radius 2 is 2.25 bits per heavy atom. The van der Waals surface area contributed by atoms with E-state index in [1.807, 2.05) is 0 Å². The first-order valence-electron chi connectivity index (χ1n) is 5.96. The molecule has 90 valence electrons. The summed E-state index contributed by atoms with van der Waals surface area (Å²) in [7, 11) is 0. The van der Waals surface area contributed by atoms with E-state index < -0.39 is 0 Å². The van der Waals surface area contributed by atoms with Crippen molar-refractivity contribution in [2.24, 2.45) is 5.92 Å². The van der Waals surface area contributed by atoms with Gasteiger partial charge in [0.15, 0.2) is 5.76 Å². The first kappa shape index (κ1) is 13.0. The van der Waals surface area contributed by atoms with Gasteiger partial charge in [-0.05, 0) is 24.6 Å². The van der Waals surface area contributed by atoms with Crippen LogP contribution in [0.25, 0.3) is 0 Å². The second-order valence-electron chi connectivity index (χ2n) is 4.24. The van der Waals surface area contributed by atoms with Crippen LogP contribution in [0.2, 0.25) is 0 Å². The molecule has 0 bridgehead atoms. The van der Waals surface area contributed by atoms with Crippen LogP contribution in [0.15, 0.2) is 22.8 Å². The van der Waals surface area contributed by atoms with Crippen molar-refractivity contribution in [3.63, 3.8) is 0 Å². The van der Waals surface area contributed by atoms with Crippen LogP contribution in [0.1, 0.15) is 37.7 Å². The highest BCUT2D eigenvalue weighted by Crippen LogP contribution is 2.07. The van der Waals surface area contributed by atoms with Crippen LogP contribution < -0.4 is 0 Å². The van der Waals surface area contributed by atoms with Crippen molar-refractivity contribution < 1.29 is 9.21 Å². The topological polar surface area (TPSA) is 33.5 Å². The summed E-state index contributed by atoms with van der Waals surface area (Å²) in [5, 5.41) is 0. The molecule has 0 N–H and O–H groups in total. The summed E-state index contributed by atoms with van der Waals surface area (Å²) < 4.78 is 5.10. The van der Waals surface area contributed by atoms with E-state index in [-0.39, 0.29) is 5.78 Å². The van der Waals surface area contributed by atoms with E-state index >= 15 is 0 Å². The average Bonchev–Trinajstić information content (AvgIpc) is 2.81. The molecule has 0 amide bonds. The van der Waals surface area contributed by atoms with E-state index in [1.54, 1.807) is 12.1 Å². The van der Waals surface area contributed by atoms with Gasteiger partial charge in [0.05, 0.1) is 12.8 Å². The van der Waals surface area contributed by atoms with Gasteiger partial charge in [0.25, 0.3) is 0 Å². The smallest absolute Gasteiger partial charge is 0.211 e. The number of furan rings is 1. The van der Waals surface area contributed by atoms with E-state index in [0.717, 1.165) is 19.5 Å². The minimum atomic E-state index is 0.0650. The van der Waals surface area contributed by atoms with E-state index in [4.69, 9.17) is 4.42 Å². The van der Waals surface area contributed by atoms with Gasteiger partial charge in [-0.1, -0.05) is 27.2 Å². The van der Waals surface area contributed by atoms with Crippen LogP contribution >= 0.6 is 0 Å². The highest BCUT2D eigenvalue weighted by atomic mass is 16.3. The van der Waals surface area contributed by atoms with Crippen molar-refractivity contribution in [2.75, 3.05) is 19.6 Å². The summed E-state index contributed by atoms with van der Waals surface area (Å²) in [6.07, 6.45) is 2.68. The summed E-state index contributed by atoms with van der Waals surface area (Å²) in [5.74, 6) is 1.15. The molecule has 0 saturated carbocycles. The third-order valence-electron chi connectivity index (χ3n) is 2.88. The second-order valence-corrected chi connectivity index (χ2v) is 4.24. The molecule has 3 nitrogen and oxygen atoms in total. The number of hydrogen-bond donors (Lipinski definition) is 0. The van der Waals surface area contributed by atoms with Crippen molar-refractivity contribution in [1.82, 2.24) is 4.90 Å². The Morgan fingerprint density at radius 3 is 2.75 bits per heavy atom.